The Kier molecular flexibility index (Phi) is 3.10. The third-order valence-corrected chi connectivity index (χ3v) is 2.61. The molecular weight excluding hydrogens is 228 g/mol. The first-order valence-electron chi connectivity index (χ1n) is 5.00. The Bertz CT molecular complexity index is 446. The average molecular weight is 239 g/mol. The number of hydrogen-bond acceptors (Lipinski definition) is 2. The number of amides is 2. The molecule has 0 fully saturated rings. The lowest BCUT2D eigenvalue weighted by molar-refractivity contribution is -0.115. The van der Waals surface area contributed by atoms with Gasteiger partial charge in [-0.2, -0.15) is 0 Å². The van der Waals surface area contributed by atoms with Crippen LogP contribution in [0.4, 0.5) is 10.5 Å². The van der Waals surface area contributed by atoms with Gasteiger partial charge in [0, 0.05) is 12.2 Å². The van der Waals surface area contributed by atoms with Gasteiger partial charge >= 0.3 is 5.37 Å². The number of halogens is 1. The zero-order chi connectivity index (χ0) is 11.5. The molecule has 16 heavy (non-hydrogen) atoms. The van der Waals surface area contributed by atoms with Crippen molar-refractivity contribution in [1.82, 2.24) is 5.32 Å². The molecule has 0 saturated carbocycles. The van der Waals surface area contributed by atoms with Gasteiger partial charge in [0.05, 0.1) is 6.42 Å². The number of carbonyl (C=O) groups excluding carboxylic acids is 2. The summed E-state index contributed by atoms with van der Waals surface area (Å²) in [5.41, 5.74) is 2.98. The van der Waals surface area contributed by atoms with Crippen molar-refractivity contribution in [2.45, 2.75) is 12.8 Å². The summed E-state index contributed by atoms with van der Waals surface area (Å²) in [6, 6.07) is 5.80. The molecule has 2 N–H and O–H groups in total. The molecular formula is C11H11ClN2O2. The number of hydrogen-bond donors (Lipinski definition) is 2. The van der Waals surface area contributed by atoms with E-state index >= 15 is 0 Å². The lowest BCUT2D eigenvalue weighted by atomic mass is 10.1. The highest BCUT2D eigenvalue weighted by molar-refractivity contribution is 6.62. The Morgan fingerprint density at radius 3 is 3.06 bits per heavy atom. The van der Waals surface area contributed by atoms with Crippen molar-refractivity contribution < 1.29 is 9.59 Å². The Balaban J connectivity index is 1.99. The lowest BCUT2D eigenvalue weighted by Crippen LogP contribution is -2.19. The molecule has 0 bridgehead atoms. The number of nitrogens with one attached hydrogen (secondary N) is 2. The first-order chi connectivity index (χ1) is 7.65. The third-order valence-electron chi connectivity index (χ3n) is 2.47. The summed E-state index contributed by atoms with van der Waals surface area (Å²) in [4.78, 5) is 21.6. The highest BCUT2D eigenvalue weighted by Crippen LogP contribution is 2.23. The van der Waals surface area contributed by atoms with E-state index in [0.29, 0.717) is 19.4 Å². The monoisotopic (exact) mass is 238 g/mol. The van der Waals surface area contributed by atoms with Gasteiger partial charge in [-0.1, -0.05) is 12.1 Å². The summed E-state index contributed by atoms with van der Waals surface area (Å²) in [5, 5.41) is 4.74. The fourth-order valence-corrected chi connectivity index (χ4v) is 1.84. The zero-order valence-electron chi connectivity index (χ0n) is 8.55. The second-order valence-electron chi connectivity index (χ2n) is 3.67. The highest BCUT2D eigenvalue weighted by atomic mass is 35.5. The van der Waals surface area contributed by atoms with Crippen LogP contribution in [0.1, 0.15) is 11.1 Å². The van der Waals surface area contributed by atoms with E-state index in [2.05, 4.69) is 10.6 Å². The second kappa shape index (κ2) is 4.53. The fourth-order valence-electron chi connectivity index (χ4n) is 1.74. The minimum Gasteiger partial charge on any atom is -0.342 e. The van der Waals surface area contributed by atoms with E-state index in [9.17, 15) is 9.59 Å². The first-order valence-corrected chi connectivity index (χ1v) is 5.38. The topological polar surface area (TPSA) is 58.2 Å². The normalized spacial score (nSPS) is 13.2. The van der Waals surface area contributed by atoms with Gasteiger partial charge in [0.15, 0.2) is 0 Å². The summed E-state index contributed by atoms with van der Waals surface area (Å²) >= 11 is 5.15. The molecule has 84 valence electrons. The molecule has 0 aliphatic carbocycles. The quantitative estimate of drug-likeness (QED) is 0.622. The summed E-state index contributed by atoms with van der Waals surface area (Å²) in [7, 11) is 0. The van der Waals surface area contributed by atoms with Gasteiger partial charge in [-0.25, -0.2) is 0 Å². The molecule has 1 heterocycles. The maximum atomic E-state index is 11.1. The molecule has 2 rings (SSSR count). The van der Waals surface area contributed by atoms with Crippen LogP contribution in [0.5, 0.6) is 0 Å². The summed E-state index contributed by atoms with van der Waals surface area (Å²) in [6.07, 6.45) is 1.14. The van der Waals surface area contributed by atoms with Crippen molar-refractivity contribution in [1.29, 1.82) is 0 Å². The van der Waals surface area contributed by atoms with Crippen molar-refractivity contribution in [3.63, 3.8) is 0 Å². The van der Waals surface area contributed by atoms with Crippen molar-refractivity contribution in [2.24, 2.45) is 0 Å². The predicted molar refractivity (Wildman–Crippen MR) is 61.7 cm³/mol. The van der Waals surface area contributed by atoms with Crippen LogP contribution >= 0.6 is 11.6 Å². The van der Waals surface area contributed by atoms with E-state index < -0.39 is 5.37 Å². The highest BCUT2D eigenvalue weighted by Gasteiger charge is 2.17. The van der Waals surface area contributed by atoms with Crippen LogP contribution in [-0.4, -0.2) is 17.8 Å². The van der Waals surface area contributed by atoms with E-state index in [1.54, 1.807) is 0 Å². The van der Waals surface area contributed by atoms with Crippen LogP contribution in [0.3, 0.4) is 0 Å². The Morgan fingerprint density at radius 2 is 2.31 bits per heavy atom. The van der Waals surface area contributed by atoms with Gasteiger partial charge in [0.25, 0.3) is 0 Å². The molecule has 0 radical (unpaired) electrons. The van der Waals surface area contributed by atoms with Gasteiger partial charge < -0.3 is 10.6 Å². The maximum absolute atomic E-state index is 11.1. The van der Waals surface area contributed by atoms with Crippen molar-refractivity contribution in [3.8, 4) is 0 Å². The van der Waals surface area contributed by atoms with E-state index in [4.69, 9.17) is 11.6 Å². The van der Waals surface area contributed by atoms with Gasteiger partial charge in [-0.05, 0) is 35.2 Å². The Hall–Kier alpha value is -1.55. The Morgan fingerprint density at radius 1 is 1.50 bits per heavy atom. The smallest absolute Gasteiger partial charge is 0.313 e. The molecule has 4 nitrogen and oxygen atoms in total. The average Bonchev–Trinajstić information content (AvgIpc) is 2.56. The Labute approximate surface area is 98.0 Å². The van der Waals surface area contributed by atoms with E-state index in [1.807, 2.05) is 18.2 Å². The molecule has 5 heteroatoms. The molecule has 0 unspecified atom stereocenters. The van der Waals surface area contributed by atoms with Gasteiger partial charge in [0.2, 0.25) is 5.91 Å². The van der Waals surface area contributed by atoms with Crippen LogP contribution in [0, 0.1) is 0 Å². The fraction of sp³-hybridized carbons (Fsp3) is 0.273. The molecule has 1 aromatic carbocycles. The zero-order valence-corrected chi connectivity index (χ0v) is 9.30. The number of fused-ring (bicyclic) bond motifs is 1. The molecule has 0 spiro atoms. The predicted octanol–water partition coefficient (Wildman–Crippen LogP) is 1.67. The lowest BCUT2D eigenvalue weighted by Gasteiger charge is -2.04. The number of rotatable bonds is 3. The van der Waals surface area contributed by atoms with Crippen LogP contribution in [0.25, 0.3) is 0 Å². The molecule has 0 saturated heterocycles. The molecule has 0 atom stereocenters. The first kappa shape index (κ1) is 11.0. The van der Waals surface area contributed by atoms with Gasteiger partial charge in [0.1, 0.15) is 0 Å². The minimum absolute atomic E-state index is 0.0289. The number of carbonyl (C=O) groups is 2. The molecule has 1 aliphatic rings. The number of benzene rings is 1. The van der Waals surface area contributed by atoms with E-state index in [0.717, 1.165) is 16.8 Å². The minimum atomic E-state index is -0.544. The van der Waals surface area contributed by atoms with Gasteiger partial charge in [-0.15, -0.1) is 0 Å². The SMILES string of the molecule is O=C(Cl)NCCc1ccc2c(c1)CC(=O)N2. The third kappa shape index (κ3) is 2.52. The van der Waals surface area contributed by atoms with Crippen LogP contribution in [0.15, 0.2) is 18.2 Å². The summed E-state index contributed by atoms with van der Waals surface area (Å²) < 4.78 is 0. The van der Waals surface area contributed by atoms with Crippen LogP contribution in [-0.2, 0) is 17.6 Å². The summed E-state index contributed by atoms with van der Waals surface area (Å²) in [5.74, 6) is 0.0289. The maximum Gasteiger partial charge on any atom is 0.313 e. The van der Waals surface area contributed by atoms with E-state index in [-0.39, 0.29) is 5.91 Å². The molecule has 1 aromatic rings. The van der Waals surface area contributed by atoms with Crippen molar-refractivity contribution in [2.75, 3.05) is 11.9 Å². The van der Waals surface area contributed by atoms with Crippen LogP contribution < -0.4 is 10.6 Å². The van der Waals surface area contributed by atoms with Crippen molar-refractivity contribution in [3.05, 3.63) is 29.3 Å². The van der Waals surface area contributed by atoms with E-state index in [1.165, 1.54) is 0 Å². The van der Waals surface area contributed by atoms with Gasteiger partial charge in [-0.3, -0.25) is 9.59 Å². The molecule has 0 aromatic heterocycles. The molecule has 1 aliphatic heterocycles. The van der Waals surface area contributed by atoms with Crippen molar-refractivity contribution >= 4 is 28.6 Å². The largest absolute Gasteiger partial charge is 0.342 e. The number of anilines is 1. The molecule has 2 amide bonds. The summed E-state index contributed by atoms with van der Waals surface area (Å²) in [6.45, 7) is 0.502. The second-order valence-corrected chi connectivity index (χ2v) is 4.01. The van der Waals surface area contributed by atoms with Crippen LogP contribution in [0.2, 0.25) is 0 Å². The standard InChI is InChI=1S/C11H11ClN2O2/c12-11(16)13-4-3-7-1-2-9-8(5-7)6-10(15)14-9/h1-2,5H,3-4,6H2,(H,13,16)(H,14,15).